The predicted molar refractivity (Wildman–Crippen MR) is 111 cm³/mol. The Kier molecular flexibility index (Phi) is 7.70. The van der Waals surface area contributed by atoms with Crippen LogP contribution in [0.2, 0.25) is 0 Å². The van der Waals surface area contributed by atoms with Gasteiger partial charge in [0.1, 0.15) is 17.4 Å². The molecule has 0 fully saturated rings. The number of aryl methyl sites for hydroxylation is 3. The summed E-state index contributed by atoms with van der Waals surface area (Å²) in [5.74, 6) is -0.501. The van der Waals surface area contributed by atoms with E-state index in [1.165, 1.54) is 13.2 Å². The van der Waals surface area contributed by atoms with Gasteiger partial charge in [0.15, 0.2) is 0 Å². The van der Waals surface area contributed by atoms with E-state index in [-0.39, 0.29) is 5.57 Å². The molecule has 1 amide bonds. The number of esters is 1. The number of nitrogens with zero attached hydrogens (tertiary/aromatic N) is 1. The molecule has 6 heteroatoms. The molecule has 0 spiro atoms. The van der Waals surface area contributed by atoms with Crippen molar-refractivity contribution in [2.24, 2.45) is 0 Å². The highest BCUT2D eigenvalue weighted by atomic mass is 16.5. The molecule has 0 aliphatic rings. The number of benzene rings is 2. The third kappa shape index (κ3) is 6.03. The molecule has 2 rings (SSSR count). The first-order chi connectivity index (χ1) is 13.8. The number of hydrogen-bond donors (Lipinski definition) is 1. The highest BCUT2D eigenvalue weighted by Gasteiger charge is 2.15. The lowest BCUT2D eigenvalue weighted by molar-refractivity contribution is -0.117. The van der Waals surface area contributed by atoms with Gasteiger partial charge in [-0.15, -0.1) is 0 Å². The Morgan fingerprint density at radius 2 is 1.72 bits per heavy atom. The zero-order valence-corrected chi connectivity index (χ0v) is 17.0. The van der Waals surface area contributed by atoms with E-state index in [4.69, 9.17) is 9.47 Å². The predicted octanol–water partition coefficient (Wildman–Crippen LogP) is 3.50. The van der Waals surface area contributed by atoms with Crippen molar-refractivity contribution in [3.8, 4) is 11.8 Å². The molecule has 0 unspecified atom stereocenters. The maximum Gasteiger partial charge on any atom is 0.344 e. The van der Waals surface area contributed by atoms with Gasteiger partial charge in [0.2, 0.25) is 0 Å². The van der Waals surface area contributed by atoms with E-state index < -0.39 is 11.9 Å². The Labute approximate surface area is 170 Å². The second-order valence-corrected chi connectivity index (χ2v) is 6.65. The van der Waals surface area contributed by atoms with Gasteiger partial charge in [0.25, 0.3) is 5.91 Å². The molecule has 0 aliphatic carbocycles. The summed E-state index contributed by atoms with van der Waals surface area (Å²) < 4.78 is 10.3. The largest absolute Gasteiger partial charge is 0.423 e. The first kappa shape index (κ1) is 21.9. The van der Waals surface area contributed by atoms with Crippen LogP contribution in [0.1, 0.15) is 32.6 Å². The van der Waals surface area contributed by atoms with E-state index in [1.807, 2.05) is 39.0 Å². The zero-order valence-electron chi connectivity index (χ0n) is 17.0. The summed E-state index contributed by atoms with van der Waals surface area (Å²) in [5.41, 5.74) is 4.00. The first-order valence-corrected chi connectivity index (χ1v) is 9.14. The van der Waals surface area contributed by atoms with Crippen molar-refractivity contribution in [1.82, 2.24) is 5.32 Å². The molecule has 150 valence electrons. The molecule has 2 aromatic rings. The lowest BCUT2D eigenvalue weighted by Gasteiger charge is -2.11. The Bertz CT molecular complexity index is 946. The Hall–Kier alpha value is -3.43. The number of carbonyl (C=O) groups is 2. The third-order valence-corrected chi connectivity index (χ3v) is 4.24. The molecule has 0 aliphatic heterocycles. The van der Waals surface area contributed by atoms with Gasteiger partial charge in [-0.3, -0.25) is 4.79 Å². The molecule has 29 heavy (non-hydrogen) atoms. The van der Waals surface area contributed by atoms with Gasteiger partial charge < -0.3 is 14.8 Å². The average Bonchev–Trinajstić information content (AvgIpc) is 2.66. The highest BCUT2D eigenvalue weighted by molar-refractivity contribution is 6.01. The van der Waals surface area contributed by atoms with Crippen LogP contribution in [0.25, 0.3) is 6.08 Å². The third-order valence-electron chi connectivity index (χ3n) is 4.24. The smallest absolute Gasteiger partial charge is 0.344 e. The van der Waals surface area contributed by atoms with Gasteiger partial charge in [0.05, 0.1) is 12.2 Å². The fraction of sp³-hybridized carbons (Fsp3) is 0.261. The number of amides is 1. The van der Waals surface area contributed by atoms with Crippen LogP contribution in [0.3, 0.4) is 0 Å². The van der Waals surface area contributed by atoms with Gasteiger partial charge >= 0.3 is 5.97 Å². The summed E-state index contributed by atoms with van der Waals surface area (Å²) in [6, 6.07) is 12.4. The summed E-state index contributed by atoms with van der Waals surface area (Å²) in [5, 5.41) is 11.8. The van der Waals surface area contributed by atoms with Crippen molar-refractivity contribution in [2.45, 2.75) is 20.8 Å². The monoisotopic (exact) mass is 392 g/mol. The van der Waals surface area contributed by atoms with Gasteiger partial charge in [0, 0.05) is 13.7 Å². The fourth-order valence-electron chi connectivity index (χ4n) is 2.97. The number of hydrogen-bond acceptors (Lipinski definition) is 5. The number of nitriles is 1. The number of methoxy groups -OCH3 is 1. The molecule has 0 radical (unpaired) electrons. The molecule has 0 bridgehead atoms. The minimum absolute atomic E-state index is 0.0169. The quantitative estimate of drug-likeness (QED) is 0.256. The molecule has 1 N–H and O–H groups in total. The van der Waals surface area contributed by atoms with Gasteiger partial charge in [-0.2, -0.15) is 5.26 Å². The second kappa shape index (κ2) is 10.2. The van der Waals surface area contributed by atoms with Crippen LogP contribution in [-0.4, -0.2) is 32.1 Å². The number of rotatable bonds is 7. The van der Waals surface area contributed by atoms with Crippen molar-refractivity contribution in [3.05, 3.63) is 69.8 Å². The number of nitrogens with one attached hydrogen (secondary N) is 1. The van der Waals surface area contributed by atoms with Crippen molar-refractivity contribution in [2.75, 3.05) is 20.3 Å². The Balaban J connectivity index is 2.11. The van der Waals surface area contributed by atoms with Crippen molar-refractivity contribution < 1.29 is 19.1 Å². The van der Waals surface area contributed by atoms with E-state index >= 15 is 0 Å². The summed E-state index contributed by atoms with van der Waals surface area (Å²) in [4.78, 5) is 24.5. The van der Waals surface area contributed by atoms with Crippen molar-refractivity contribution in [3.63, 3.8) is 0 Å². The summed E-state index contributed by atoms with van der Waals surface area (Å²) >= 11 is 0. The van der Waals surface area contributed by atoms with Gasteiger partial charge in [-0.1, -0.05) is 29.8 Å². The van der Waals surface area contributed by atoms with Crippen LogP contribution >= 0.6 is 0 Å². The number of carbonyl (C=O) groups excluding carboxylic acids is 2. The summed E-state index contributed by atoms with van der Waals surface area (Å²) in [6.45, 7) is 6.43. The zero-order chi connectivity index (χ0) is 21.4. The molecule has 0 saturated heterocycles. The Morgan fingerprint density at radius 1 is 1.10 bits per heavy atom. The van der Waals surface area contributed by atoms with Crippen LogP contribution in [0.5, 0.6) is 5.75 Å². The highest BCUT2D eigenvalue weighted by Crippen LogP contribution is 2.20. The lowest BCUT2D eigenvalue weighted by Crippen LogP contribution is -2.27. The van der Waals surface area contributed by atoms with E-state index in [0.29, 0.717) is 30.0 Å². The molecule has 2 aromatic carbocycles. The normalized spacial score (nSPS) is 10.9. The fourth-order valence-corrected chi connectivity index (χ4v) is 2.97. The summed E-state index contributed by atoms with van der Waals surface area (Å²) in [7, 11) is 1.53. The molecule has 0 saturated carbocycles. The van der Waals surface area contributed by atoms with E-state index in [0.717, 1.165) is 16.7 Å². The number of ether oxygens (including phenoxy) is 2. The molecule has 0 heterocycles. The van der Waals surface area contributed by atoms with Gasteiger partial charge in [-0.25, -0.2) is 4.79 Å². The van der Waals surface area contributed by atoms with Crippen molar-refractivity contribution in [1.29, 1.82) is 5.26 Å². The first-order valence-electron chi connectivity index (χ1n) is 9.14. The molecule has 0 aromatic heterocycles. The maximum atomic E-state index is 12.6. The SMILES string of the molecule is COCCNC(=O)/C(C#N)=C/c1ccc(OC(=O)c2c(C)cc(C)cc2C)cc1. The Morgan fingerprint density at radius 3 is 2.28 bits per heavy atom. The second-order valence-electron chi connectivity index (χ2n) is 6.65. The maximum absolute atomic E-state index is 12.6. The van der Waals surface area contributed by atoms with Crippen LogP contribution in [0.15, 0.2) is 42.0 Å². The van der Waals surface area contributed by atoms with E-state index in [9.17, 15) is 14.9 Å². The van der Waals surface area contributed by atoms with Crippen LogP contribution in [0.4, 0.5) is 0 Å². The van der Waals surface area contributed by atoms with E-state index in [1.54, 1.807) is 24.3 Å². The minimum Gasteiger partial charge on any atom is -0.423 e. The van der Waals surface area contributed by atoms with Crippen LogP contribution in [0, 0.1) is 32.1 Å². The average molecular weight is 392 g/mol. The lowest BCUT2D eigenvalue weighted by atomic mass is 10.00. The van der Waals surface area contributed by atoms with Crippen LogP contribution < -0.4 is 10.1 Å². The molecule has 6 nitrogen and oxygen atoms in total. The minimum atomic E-state index is -0.467. The van der Waals surface area contributed by atoms with E-state index in [2.05, 4.69) is 5.32 Å². The van der Waals surface area contributed by atoms with Gasteiger partial charge in [-0.05, 0) is 55.7 Å². The van der Waals surface area contributed by atoms with Crippen LogP contribution in [-0.2, 0) is 9.53 Å². The summed E-state index contributed by atoms with van der Waals surface area (Å²) in [6.07, 6.45) is 1.47. The molecule has 0 atom stereocenters. The molecular weight excluding hydrogens is 368 g/mol. The standard InChI is InChI=1S/C23H24N2O4/c1-15-11-16(2)21(17(3)12-15)23(27)29-20-7-5-18(6-8-20)13-19(14-24)22(26)25-9-10-28-4/h5-8,11-13H,9-10H2,1-4H3,(H,25,26)/b19-13+. The van der Waals surface area contributed by atoms with Crippen molar-refractivity contribution >= 4 is 18.0 Å². The topological polar surface area (TPSA) is 88.4 Å². The molecular formula is C23H24N2O4.